The van der Waals surface area contributed by atoms with Crippen molar-refractivity contribution in [1.29, 1.82) is 0 Å². The highest BCUT2D eigenvalue weighted by Gasteiger charge is 2.16. The number of fused-ring (bicyclic) bond motifs is 1. The van der Waals surface area contributed by atoms with Crippen LogP contribution in [0.2, 0.25) is 0 Å². The van der Waals surface area contributed by atoms with Gasteiger partial charge in [0, 0.05) is 44.6 Å². The van der Waals surface area contributed by atoms with Crippen LogP contribution < -0.4 is 9.68 Å². The van der Waals surface area contributed by atoms with Gasteiger partial charge >= 0.3 is 5.97 Å². The molecular formula is C31H41FO4S3. The maximum absolute atomic E-state index is 13.2. The minimum atomic E-state index is -0.0801. The first-order valence-corrected chi connectivity index (χ1v) is 17.2. The summed E-state index contributed by atoms with van der Waals surface area (Å²) in [6.45, 7) is 7.11. The van der Waals surface area contributed by atoms with Gasteiger partial charge in [0.25, 0.3) is 0 Å². The molecule has 0 saturated carbocycles. The van der Waals surface area contributed by atoms with Crippen molar-refractivity contribution in [3.63, 3.8) is 0 Å². The lowest BCUT2D eigenvalue weighted by molar-refractivity contribution is -0.147. The highest BCUT2D eigenvalue weighted by Crippen LogP contribution is 2.36. The summed E-state index contributed by atoms with van der Waals surface area (Å²) >= 11 is 5.73. The molecule has 0 aliphatic heterocycles. The molecule has 0 N–H and O–H groups in total. The quantitative estimate of drug-likeness (QED) is 0.135. The van der Waals surface area contributed by atoms with Crippen LogP contribution in [0, 0.1) is 12.8 Å². The summed E-state index contributed by atoms with van der Waals surface area (Å²) in [4.78, 5) is 15.8. The molecule has 214 valence electrons. The number of carbonyl (C=O) groups is 1. The van der Waals surface area contributed by atoms with E-state index in [4.69, 9.17) is 9.47 Å². The fourth-order valence-electron chi connectivity index (χ4n) is 4.20. The van der Waals surface area contributed by atoms with E-state index in [1.54, 1.807) is 6.07 Å². The van der Waals surface area contributed by atoms with E-state index in [1.807, 2.05) is 68.2 Å². The number of hydrogen-bond donors (Lipinski definition) is 0. The Kier molecular flexibility index (Phi) is 14.5. The SMILES string of the molecule is CCC(C)C(=O)OCCSCCSCCSCCOc1ccc2c(c1)C=C(c1cc(C)ccc1OF)CCC2. The fraction of sp³-hybridized carbons (Fsp3) is 0.516. The van der Waals surface area contributed by atoms with Gasteiger partial charge in [0.2, 0.25) is 0 Å². The van der Waals surface area contributed by atoms with Crippen molar-refractivity contribution in [1.82, 2.24) is 0 Å². The van der Waals surface area contributed by atoms with Crippen LogP contribution in [-0.4, -0.2) is 53.7 Å². The smallest absolute Gasteiger partial charge is 0.308 e. The van der Waals surface area contributed by atoms with Gasteiger partial charge < -0.3 is 9.47 Å². The molecule has 2 aromatic carbocycles. The third-order valence-electron chi connectivity index (χ3n) is 6.63. The van der Waals surface area contributed by atoms with Crippen molar-refractivity contribution in [2.75, 3.05) is 47.7 Å². The zero-order chi connectivity index (χ0) is 27.9. The number of ether oxygens (including phenoxy) is 2. The van der Waals surface area contributed by atoms with Crippen molar-refractivity contribution in [2.45, 2.75) is 46.5 Å². The van der Waals surface area contributed by atoms with Crippen LogP contribution in [0.3, 0.4) is 0 Å². The minimum absolute atomic E-state index is 0.000386. The molecule has 4 nitrogen and oxygen atoms in total. The molecule has 0 radical (unpaired) electrons. The normalized spacial score (nSPS) is 13.7. The van der Waals surface area contributed by atoms with Crippen LogP contribution in [0.4, 0.5) is 4.53 Å². The Morgan fingerprint density at radius 1 is 0.949 bits per heavy atom. The monoisotopic (exact) mass is 592 g/mol. The van der Waals surface area contributed by atoms with Gasteiger partial charge in [0.15, 0.2) is 5.75 Å². The molecule has 1 unspecified atom stereocenters. The van der Waals surface area contributed by atoms with Gasteiger partial charge in [-0.2, -0.15) is 35.3 Å². The molecule has 0 fully saturated rings. The summed E-state index contributed by atoms with van der Waals surface area (Å²) in [6.07, 6.45) is 5.88. The van der Waals surface area contributed by atoms with Crippen LogP contribution in [0.1, 0.15) is 55.4 Å². The molecule has 1 aliphatic carbocycles. The van der Waals surface area contributed by atoms with E-state index < -0.39 is 0 Å². The van der Waals surface area contributed by atoms with Crippen molar-refractivity contribution in [3.8, 4) is 11.5 Å². The molecule has 0 saturated heterocycles. The third-order valence-corrected chi connectivity index (χ3v) is 10.0. The Bertz CT molecular complexity index is 1080. The summed E-state index contributed by atoms with van der Waals surface area (Å²) in [5.41, 5.74) is 5.44. The molecule has 0 amide bonds. The van der Waals surface area contributed by atoms with Crippen LogP contribution >= 0.6 is 35.3 Å². The lowest BCUT2D eigenvalue weighted by Gasteiger charge is -2.11. The Hall–Kier alpha value is -1.77. The first kappa shape index (κ1) is 31.8. The van der Waals surface area contributed by atoms with Crippen molar-refractivity contribution in [3.05, 3.63) is 58.7 Å². The van der Waals surface area contributed by atoms with Crippen molar-refractivity contribution < 1.29 is 23.7 Å². The Morgan fingerprint density at radius 2 is 1.67 bits per heavy atom. The van der Waals surface area contributed by atoms with Gasteiger partial charge in [-0.05, 0) is 73.6 Å². The lowest BCUT2D eigenvalue weighted by Crippen LogP contribution is -2.15. The summed E-state index contributed by atoms with van der Waals surface area (Å²) in [7, 11) is 0. The Labute approximate surface area is 246 Å². The average Bonchev–Trinajstić information content (AvgIpc) is 3.17. The standard InChI is InChI=1S/C31H41FO4S3/c1-4-24(3)31(33)35-13-15-38-17-19-39-18-16-37-14-12-34-28-10-9-25-6-5-7-26(21-27(25)22-28)29-20-23(2)8-11-30(29)36-32/h8-11,20-22,24H,4-7,12-19H2,1-3H3. The number of rotatable bonds is 17. The second-order valence-corrected chi connectivity index (χ2v) is 13.3. The fourth-order valence-corrected chi connectivity index (χ4v) is 7.10. The number of thioether (sulfide) groups is 3. The number of hydrogen-bond acceptors (Lipinski definition) is 7. The van der Waals surface area contributed by atoms with E-state index in [-0.39, 0.29) is 17.6 Å². The second kappa shape index (κ2) is 17.8. The second-order valence-electron chi connectivity index (χ2n) is 9.62. The van der Waals surface area contributed by atoms with E-state index in [0.717, 1.165) is 88.2 Å². The highest BCUT2D eigenvalue weighted by atomic mass is 32.2. The van der Waals surface area contributed by atoms with E-state index in [0.29, 0.717) is 13.2 Å². The Balaban J connectivity index is 1.32. The molecule has 0 spiro atoms. The topological polar surface area (TPSA) is 44.8 Å². The molecule has 2 aromatic rings. The predicted molar refractivity (Wildman–Crippen MR) is 168 cm³/mol. The van der Waals surface area contributed by atoms with Crippen molar-refractivity contribution in [2.24, 2.45) is 5.92 Å². The zero-order valence-corrected chi connectivity index (χ0v) is 25.8. The molecule has 0 bridgehead atoms. The van der Waals surface area contributed by atoms with E-state index in [9.17, 15) is 9.32 Å². The van der Waals surface area contributed by atoms with Crippen LogP contribution in [0.15, 0.2) is 36.4 Å². The molecular weight excluding hydrogens is 552 g/mol. The molecule has 1 aliphatic rings. The largest absolute Gasteiger partial charge is 0.493 e. The number of allylic oxidation sites excluding steroid dienone is 1. The molecule has 39 heavy (non-hydrogen) atoms. The Morgan fingerprint density at radius 3 is 2.38 bits per heavy atom. The van der Waals surface area contributed by atoms with Gasteiger partial charge in [-0.1, -0.05) is 37.6 Å². The third kappa shape index (κ3) is 11.0. The number of carbonyl (C=O) groups excluding carboxylic acids is 1. The summed E-state index contributed by atoms with van der Waals surface area (Å²) < 4.78 is 24.5. The van der Waals surface area contributed by atoms with E-state index in [1.165, 1.54) is 5.56 Å². The molecule has 0 heterocycles. The highest BCUT2D eigenvalue weighted by molar-refractivity contribution is 8.04. The summed E-state index contributed by atoms with van der Waals surface area (Å²) in [6, 6.07) is 11.9. The van der Waals surface area contributed by atoms with Gasteiger partial charge in [-0.25, -0.2) is 0 Å². The predicted octanol–water partition coefficient (Wildman–Crippen LogP) is 8.30. The van der Waals surface area contributed by atoms with Crippen LogP contribution in [0.25, 0.3) is 11.6 Å². The maximum atomic E-state index is 13.2. The van der Waals surface area contributed by atoms with Gasteiger partial charge in [0.1, 0.15) is 12.4 Å². The van der Waals surface area contributed by atoms with Gasteiger partial charge in [-0.3, -0.25) is 9.74 Å². The molecule has 8 heteroatoms. The lowest BCUT2D eigenvalue weighted by atomic mass is 9.98. The number of halogens is 1. The van der Waals surface area contributed by atoms with Crippen LogP contribution in [0.5, 0.6) is 11.5 Å². The average molecular weight is 593 g/mol. The van der Waals surface area contributed by atoms with E-state index in [2.05, 4.69) is 29.2 Å². The van der Waals surface area contributed by atoms with E-state index >= 15 is 0 Å². The summed E-state index contributed by atoms with van der Waals surface area (Å²) in [5.74, 6) is 7.33. The first-order valence-electron chi connectivity index (χ1n) is 13.8. The number of benzene rings is 2. The first-order chi connectivity index (χ1) is 19.0. The zero-order valence-electron chi connectivity index (χ0n) is 23.3. The summed E-state index contributed by atoms with van der Waals surface area (Å²) in [5, 5.41) is 0. The maximum Gasteiger partial charge on any atom is 0.308 e. The molecule has 3 rings (SSSR count). The number of aryl methyl sites for hydroxylation is 2. The van der Waals surface area contributed by atoms with Crippen molar-refractivity contribution >= 4 is 52.9 Å². The van der Waals surface area contributed by atoms with Gasteiger partial charge in [-0.15, -0.1) is 0 Å². The number of esters is 1. The molecule has 0 aromatic heterocycles. The van der Waals surface area contributed by atoms with Crippen LogP contribution in [-0.2, 0) is 16.0 Å². The molecule has 1 atom stereocenters. The minimum Gasteiger partial charge on any atom is -0.493 e. The van der Waals surface area contributed by atoms with Gasteiger partial charge in [0.05, 0.1) is 12.5 Å².